The van der Waals surface area contributed by atoms with E-state index >= 15 is 0 Å². The van der Waals surface area contributed by atoms with Gasteiger partial charge in [0.15, 0.2) is 5.03 Å². The van der Waals surface area contributed by atoms with Crippen LogP contribution in [0.2, 0.25) is 0 Å². The van der Waals surface area contributed by atoms with Crippen LogP contribution in [0.15, 0.2) is 65.8 Å². The normalized spacial score (nSPS) is 12.9. The number of ether oxygens (including phenoxy) is 2. The molecule has 4 amide bonds. The van der Waals surface area contributed by atoms with Crippen LogP contribution in [0.5, 0.6) is 0 Å². The van der Waals surface area contributed by atoms with Crippen molar-refractivity contribution < 1.29 is 38.5 Å². The Morgan fingerprint density at radius 2 is 1.46 bits per heavy atom. The average molecular weight is 699 g/mol. The van der Waals surface area contributed by atoms with E-state index in [1.54, 1.807) is 0 Å². The molecule has 0 unspecified atom stereocenters. The van der Waals surface area contributed by atoms with Crippen LogP contribution in [-0.4, -0.2) is 85.0 Å². The first-order valence-corrected chi connectivity index (χ1v) is 16.1. The SMILES string of the molecule is CC(C)COC(=O)N[C@H](COCc1ccccc1)C(=O)N[C@@H](C)C(=O)N[C@@H](CCCN/C(N)=N/[N+](=O)[O-])C(=O)C(=O)NCCc1ccccc1. The van der Waals surface area contributed by atoms with Gasteiger partial charge in [0.2, 0.25) is 17.6 Å². The van der Waals surface area contributed by atoms with E-state index in [1.807, 2.05) is 74.5 Å². The van der Waals surface area contributed by atoms with Gasteiger partial charge in [-0.25, -0.2) is 14.9 Å². The molecule has 2 aromatic carbocycles. The summed E-state index contributed by atoms with van der Waals surface area (Å²) in [5.41, 5.74) is 7.21. The number of nitrogens with one attached hydrogen (secondary N) is 5. The molecule has 0 spiro atoms. The fourth-order valence-corrected chi connectivity index (χ4v) is 4.28. The van der Waals surface area contributed by atoms with E-state index in [0.717, 1.165) is 11.1 Å². The summed E-state index contributed by atoms with van der Waals surface area (Å²) in [6, 6.07) is 14.7. The number of nitrogens with zero attached hydrogens (tertiary/aromatic N) is 2. The van der Waals surface area contributed by atoms with Gasteiger partial charge in [0.1, 0.15) is 17.2 Å². The number of hydrogen-bond acceptors (Lipinski definition) is 9. The van der Waals surface area contributed by atoms with Crippen molar-refractivity contribution in [1.82, 2.24) is 26.6 Å². The van der Waals surface area contributed by atoms with Crippen molar-refractivity contribution in [3.63, 3.8) is 0 Å². The summed E-state index contributed by atoms with van der Waals surface area (Å²) in [5, 5.41) is 25.0. The monoisotopic (exact) mass is 698 g/mol. The zero-order chi connectivity index (χ0) is 36.9. The number of rotatable bonds is 21. The number of hydrazone groups is 1. The number of nitro groups is 1. The Labute approximate surface area is 290 Å². The first-order valence-electron chi connectivity index (χ1n) is 16.1. The molecule has 3 atom stereocenters. The minimum Gasteiger partial charge on any atom is -0.449 e. The number of hydrogen-bond donors (Lipinski definition) is 6. The van der Waals surface area contributed by atoms with E-state index in [1.165, 1.54) is 6.92 Å². The maximum Gasteiger partial charge on any atom is 0.407 e. The second-order valence-corrected chi connectivity index (χ2v) is 11.6. The predicted octanol–water partition coefficient (Wildman–Crippen LogP) is 0.748. The predicted molar refractivity (Wildman–Crippen MR) is 183 cm³/mol. The Balaban J connectivity index is 2.06. The molecule has 272 valence electrons. The highest BCUT2D eigenvalue weighted by Crippen LogP contribution is 2.04. The quantitative estimate of drug-likeness (QED) is 0.0265. The van der Waals surface area contributed by atoms with Crippen molar-refractivity contribution in [2.75, 3.05) is 26.3 Å². The number of Topliss-reactive ketones (excluding diaryl/α,β-unsaturated/α-hetero) is 1. The summed E-state index contributed by atoms with van der Waals surface area (Å²) in [6.07, 6.45) is -0.296. The fraction of sp³-hybridized carbons (Fsp3) is 0.455. The summed E-state index contributed by atoms with van der Waals surface area (Å²) in [6.45, 7) is 5.29. The van der Waals surface area contributed by atoms with Crippen LogP contribution in [-0.2, 0) is 41.7 Å². The number of carbonyl (C=O) groups excluding carboxylic acids is 5. The lowest BCUT2D eigenvalue weighted by Crippen LogP contribution is -2.56. The molecule has 17 heteroatoms. The molecule has 0 radical (unpaired) electrons. The summed E-state index contributed by atoms with van der Waals surface area (Å²) >= 11 is 0. The molecule has 0 aliphatic rings. The van der Waals surface area contributed by atoms with Gasteiger partial charge >= 0.3 is 6.09 Å². The smallest absolute Gasteiger partial charge is 0.407 e. The maximum absolute atomic E-state index is 13.2. The van der Waals surface area contributed by atoms with Crippen molar-refractivity contribution in [3.05, 3.63) is 81.9 Å². The lowest BCUT2D eigenvalue weighted by Gasteiger charge is -2.23. The van der Waals surface area contributed by atoms with Crippen LogP contribution in [0, 0.1) is 16.0 Å². The van der Waals surface area contributed by atoms with Crippen LogP contribution in [0.4, 0.5) is 4.79 Å². The molecule has 0 aromatic heterocycles. The summed E-state index contributed by atoms with van der Waals surface area (Å²) in [4.78, 5) is 75.3. The lowest BCUT2D eigenvalue weighted by molar-refractivity contribution is -0.485. The zero-order valence-corrected chi connectivity index (χ0v) is 28.4. The minimum atomic E-state index is -1.32. The van der Waals surface area contributed by atoms with Gasteiger partial charge in [0.25, 0.3) is 11.9 Å². The van der Waals surface area contributed by atoms with Gasteiger partial charge in [-0.3, -0.25) is 19.2 Å². The third-order valence-corrected chi connectivity index (χ3v) is 6.87. The summed E-state index contributed by atoms with van der Waals surface area (Å²) in [5.74, 6) is -3.81. The fourth-order valence-electron chi connectivity index (χ4n) is 4.28. The second-order valence-electron chi connectivity index (χ2n) is 11.6. The van der Waals surface area contributed by atoms with Gasteiger partial charge in [0, 0.05) is 13.1 Å². The third kappa shape index (κ3) is 16.5. The van der Waals surface area contributed by atoms with Gasteiger partial charge in [-0.1, -0.05) is 74.5 Å². The summed E-state index contributed by atoms with van der Waals surface area (Å²) < 4.78 is 10.8. The zero-order valence-electron chi connectivity index (χ0n) is 28.4. The Morgan fingerprint density at radius 3 is 2.08 bits per heavy atom. The van der Waals surface area contributed by atoms with Crippen LogP contribution < -0.4 is 32.3 Å². The average Bonchev–Trinajstić information content (AvgIpc) is 3.08. The van der Waals surface area contributed by atoms with Gasteiger partial charge < -0.3 is 41.8 Å². The highest BCUT2D eigenvalue weighted by atomic mass is 16.7. The van der Waals surface area contributed by atoms with E-state index in [2.05, 4.69) is 31.7 Å². The molecular formula is C33H46N8O9. The Morgan fingerprint density at radius 1 is 0.820 bits per heavy atom. The van der Waals surface area contributed by atoms with Gasteiger partial charge in [-0.15, -0.1) is 0 Å². The van der Waals surface area contributed by atoms with Crippen molar-refractivity contribution in [1.29, 1.82) is 0 Å². The third-order valence-electron chi connectivity index (χ3n) is 6.87. The molecule has 0 aliphatic carbocycles. The van der Waals surface area contributed by atoms with E-state index in [4.69, 9.17) is 15.2 Å². The number of benzene rings is 2. The lowest BCUT2D eigenvalue weighted by atomic mass is 10.0. The van der Waals surface area contributed by atoms with Crippen molar-refractivity contribution >= 4 is 35.6 Å². The molecular weight excluding hydrogens is 652 g/mol. The van der Waals surface area contributed by atoms with E-state index < -0.39 is 58.7 Å². The molecule has 17 nitrogen and oxygen atoms in total. The summed E-state index contributed by atoms with van der Waals surface area (Å²) in [7, 11) is 0. The molecule has 0 heterocycles. The molecule has 0 bridgehead atoms. The van der Waals surface area contributed by atoms with Crippen LogP contribution in [0.3, 0.4) is 0 Å². The number of alkyl carbamates (subject to hydrolysis) is 1. The maximum atomic E-state index is 13.2. The van der Waals surface area contributed by atoms with Crippen LogP contribution >= 0.6 is 0 Å². The molecule has 50 heavy (non-hydrogen) atoms. The first kappa shape index (κ1) is 40.6. The van der Waals surface area contributed by atoms with E-state index in [9.17, 15) is 34.1 Å². The Hall–Kier alpha value is -5.58. The van der Waals surface area contributed by atoms with Crippen LogP contribution in [0.25, 0.3) is 0 Å². The molecule has 0 saturated carbocycles. The topological polar surface area (TPSA) is 245 Å². The van der Waals surface area contributed by atoms with Crippen molar-refractivity contribution in [2.24, 2.45) is 16.8 Å². The number of carbonyl (C=O) groups is 5. The van der Waals surface area contributed by atoms with Crippen molar-refractivity contribution in [3.8, 4) is 0 Å². The number of nitrogens with two attached hydrogens (primary N) is 1. The van der Waals surface area contributed by atoms with Gasteiger partial charge in [0.05, 0.1) is 25.9 Å². The molecule has 0 fully saturated rings. The standard InChI is InChI=1S/C33H46N8O9/c1-22(2)19-50-33(46)39-27(21-49-20-25-13-8-5-9-14-25)30(44)37-23(3)29(43)38-26(15-10-17-36-32(34)40-41(47)48)28(42)31(45)35-18-16-24-11-6-4-7-12-24/h4-9,11-14,22-23,26-27H,10,15-21H2,1-3H3,(H,35,45)(H,37,44)(H,38,43)(H,39,46)(H3,34,36,40)/t23-,26-,27+/m0/s1. The van der Waals surface area contributed by atoms with E-state index in [0.29, 0.717) is 6.42 Å². The van der Waals surface area contributed by atoms with Gasteiger partial charge in [-0.05, 0) is 43.2 Å². The Kier molecular flexibility index (Phi) is 18.0. The Bertz CT molecular complexity index is 1440. The largest absolute Gasteiger partial charge is 0.449 e. The molecule has 0 saturated heterocycles. The first-order chi connectivity index (χ1) is 23.8. The number of guanidine groups is 1. The minimum absolute atomic E-state index is 0.0357. The molecule has 2 aromatic rings. The number of ketones is 1. The molecule has 7 N–H and O–H groups in total. The highest BCUT2D eigenvalue weighted by molar-refractivity contribution is 6.38. The van der Waals surface area contributed by atoms with Crippen molar-refractivity contribution in [2.45, 2.75) is 64.8 Å². The number of amides is 4. The van der Waals surface area contributed by atoms with Gasteiger partial charge in [-0.2, -0.15) is 0 Å². The van der Waals surface area contributed by atoms with E-state index in [-0.39, 0.29) is 51.7 Å². The second kappa shape index (κ2) is 22.1. The molecule has 2 rings (SSSR count). The molecule has 0 aliphatic heterocycles. The highest BCUT2D eigenvalue weighted by Gasteiger charge is 2.30. The van der Waals surface area contributed by atoms with Crippen LogP contribution in [0.1, 0.15) is 44.7 Å².